The van der Waals surface area contributed by atoms with Gasteiger partial charge in [0.1, 0.15) is 29.5 Å². The van der Waals surface area contributed by atoms with Crippen molar-refractivity contribution in [3.05, 3.63) is 106 Å². The number of benzene rings is 4. The number of carbonyl (C=O) groups excluding carboxylic acids is 2. The minimum absolute atomic E-state index is 0.0616. The first kappa shape index (κ1) is 33.2. The maximum absolute atomic E-state index is 13.1. The number of nitrogens with zero attached hydrogens (tertiary/aromatic N) is 4. The van der Waals surface area contributed by atoms with E-state index >= 15 is 0 Å². The van der Waals surface area contributed by atoms with Crippen molar-refractivity contribution in [1.82, 2.24) is 0 Å². The monoisotopic (exact) mass is 704 g/mol. The molecule has 4 aromatic rings. The first-order valence-electron chi connectivity index (χ1n) is 16.1. The van der Waals surface area contributed by atoms with Crippen molar-refractivity contribution in [2.45, 2.75) is 47.3 Å². The number of hydrogen-bond donors (Lipinski definition) is 0. The number of hydrogen-bond acceptors (Lipinski definition) is 9. The van der Waals surface area contributed by atoms with Crippen LogP contribution in [0.1, 0.15) is 80.5 Å². The number of ether oxygens (including phenoxy) is 2. The average Bonchev–Trinajstić information content (AvgIpc) is 4.09. The smallest absolute Gasteiger partial charge is 0.259 e. The van der Waals surface area contributed by atoms with Crippen molar-refractivity contribution in [2.24, 2.45) is 0 Å². The van der Waals surface area contributed by atoms with E-state index in [-0.39, 0.29) is 22.3 Å². The molecule has 0 N–H and O–H groups in total. The third-order valence-corrected chi connectivity index (χ3v) is 11.9. The van der Waals surface area contributed by atoms with Crippen LogP contribution < -0.4 is 19.3 Å². The molecule has 2 amide bonds. The predicted molar refractivity (Wildman–Crippen MR) is 189 cm³/mol. The van der Waals surface area contributed by atoms with Gasteiger partial charge in [0.05, 0.1) is 47.5 Å². The number of thioether (sulfide) groups is 1. The van der Waals surface area contributed by atoms with Crippen LogP contribution in [-0.4, -0.2) is 46.2 Å². The van der Waals surface area contributed by atoms with Crippen molar-refractivity contribution in [2.75, 3.05) is 35.8 Å². The van der Waals surface area contributed by atoms with E-state index in [0.29, 0.717) is 45.7 Å². The molecule has 8 rings (SSSR count). The summed E-state index contributed by atoms with van der Waals surface area (Å²) in [4.78, 5) is 30.4. The molecule has 0 saturated heterocycles. The van der Waals surface area contributed by atoms with Gasteiger partial charge in [-0.25, -0.2) is 8.42 Å². The zero-order valence-corrected chi connectivity index (χ0v) is 29.0. The zero-order valence-electron chi connectivity index (χ0n) is 27.4. The fourth-order valence-corrected chi connectivity index (χ4v) is 9.02. The van der Waals surface area contributed by atoms with Crippen LogP contribution in [0.3, 0.4) is 0 Å². The molecule has 2 fully saturated rings. The number of fused-ring (bicyclic) bond motifs is 2. The minimum Gasteiger partial charge on any atom is -0.495 e. The van der Waals surface area contributed by atoms with Crippen molar-refractivity contribution in [3.63, 3.8) is 0 Å². The second-order valence-electron chi connectivity index (χ2n) is 12.5. The number of para-hydroxylation sites is 2. The van der Waals surface area contributed by atoms with Crippen LogP contribution in [-0.2, 0) is 9.84 Å². The van der Waals surface area contributed by atoms with E-state index < -0.39 is 21.6 Å². The Hall–Kier alpha value is -5.30. The SMILES string of the molecule is COc1c(C#N)cc(C(=O)N2CS(=O)(=O)c3ccccc32)cc1C1CC1.COc1c(C#N)cc(C(=O)N2CSc3ccccc32)cc1C1CC1. The number of nitriles is 2. The van der Waals surface area contributed by atoms with E-state index in [9.17, 15) is 28.5 Å². The highest BCUT2D eigenvalue weighted by Gasteiger charge is 2.37. The second-order valence-corrected chi connectivity index (χ2v) is 15.4. The summed E-state index contributed by atoms with van der Waals surface area (Å²) in [7, 11) is -0.448. The molecule has 0 aromatic heterocycles. The zero-order chi connectivity index (χ0) is 35.2. The highest BCUT2D eigenvalue weighted by atomic mass is 32.2. The molecule has 12 heteroatoms. The van der Waals surface area contributed by atoms with Gasteiger partial charge in [-0.2, -0.15) is 10.5 Å². The number of sulfone groups is 1. The molecule has 252 valence electrons. The highest BCUT2D eigenvalue weighted by Crippen LogP contribution is 2.47. The lowest BCUT2D eigenvalue weighted by Crippen LogP contribution is -2.30. The van der Waals surface area contributed by atoms with Gasteiger partial charge in [-0.05, 0) is 97.2 Å². The third-order valence-electron chi connectivity index (χ3n) is 9.20. The van der Waals surface area contributed by atoms with Gasteiger partial charge in [-0.3, -0.25) is 19.4 Å². The molecule has 0 atom stereocenters. The summed E-state index contributed by atoms with van der Waals surface area (Å²) in [5.74, 6) is 1.52. The standard InChI is InChI=1S/C19H16N2O4S.C19H16N2O2S/c1-25-18-14(10-20)8-13(9-15(18)12-6-7-12)19(22)21-11-26(23,24)17-5-3-2-4-16(17)21;1-23-18-14(10-20)8-13(9-15(18)12-6-7-12)19(22)21-11-24-17-5-3-2-4-16(17)21/h2-5,8-9,12H,6-7,11H2,1H3;2-5,8-9,12H,6-7,11H2,1H3. The van der Waals surface area contributed by atoms with Crippen molar-refractivity contribution >= 4 is 44.8 Å². The quantitative estimate of drug-likeness (QED) is 0.208. The number of amides is 2. The van der Waals surface area contributed by atoms with Gasteiger partial charge >= 0.3 is 0 Å². The molecular weight excluding hydrogens is 673 g/mol. The van der Waals surface area contributed by atoms with Crippen molar-refractivity contribution < 1.29 is 27.5 Å². The van der Waals surface area contributed by atoms with Gasteiger partial charge in [0, 0.05) is 16.0 Å². The summed E-state index contributed by atoms with van der Waals surface area (Å²) in [5, 5.41) is 18.9. The number of methoxy groups -OCH3 is 2. The second kappa shape index (κ2) is 13.2. The Balaban J connectivity index is 0.000000157. The largest absolute Gasteiger partial charge is 0.495 e. The Kier molecular flexibility index (Phi) is 8.77. The number of carbonyl (C=O) groups is 2. The van der Waals surface area contributed by atoms with Crippen LogP contribution in [0.15, 0.2) is 82.6 Å². The lowest BCUT2D eigenvalue weighted by molar-refractivity contribution is 0.0984. The van der Waals surface area contributed by atoms with Gasteiger partial charge in [-0.1, -0.05) is 24.3 Å². The molecule has 4 aromatic carbocycles. The molecule has 0 radical (unpaired) electrons. The van der Waals surface area contributed by atoms with E-state index in [1.54, 1.807) is 54.1 Å². The van der Waals surface area contributed by atoms with E-state index in [2.05, 4.69) is 12.1 Å². The summed E-state index contributed by atoms with van der Waals surface area (Å²) in [6.07, 6.45) is 4.14. The van der Waals surface area contributed by atoms with E-state index in [1.165, 1.54) is 24.1 Å². The normalized spacial score (nSPS) is 16.6. The summed E-state index contributed by atoms with van der Waals surface area (Å²) in [6, 6.07) is 25.4. The molecular formula is C38H32N4O6S2. The van der Waals surface area contributed by atoms with Crippen molar-refractivity contribution in [3.8, 4) is 23.6 Å². The maximum atomic E-state index is 13.1. The number of anilines is 2. The summed E-state index contributed by atoms with van der Waals surface area (Å²) < 4.78 is 35.5. The highest BCUT2D eigenvalue weighted by molar-refractivity contribution is 8.00. The molecule has 50 heavy (non-hydrogen) atoms. The summed E-state index contributed by atoms with van der Waals surface area (Å²) in [6.45, 7) is 0. The molecule has 0 unspecified atom stereocenters. The topological polar surface area (TPSA) is 141 Å². The Labute approximate surface area is 294 Å². The number of rotatable bonds is 6. The molecule has 0 bridgehead atoms. The Morgan fingerprint density at radius 2 is 1.24 bits per heavy atom. The summed E-state index contributed by atoms with van der Waals surface area (Å²) >= 11 is 1.65. The van der Waals surface area contributed by atoms with Crippen LogP contribution in [0.5, 0.6) is 11.5 Å². The Bertz CT molecular complexity index is 2250. The van der Waals surface area contributed by atoms with Gasteiger partial charge < -0.3 is 9.47 Å². The van der Waals surface area contributed by atoms with E-state index in [0.717, 1.165) is 47.4 Å². The lowest BCUT2D eigenvalue weighted by atomic mass is 10.00. The fourth-order valence-electron chi connectivity index (χ4n) is 6.47. The average molecular weight is 705 g/mol. The Morgan fingerprint density at radius 1 is 0.740 bits per heavy atom. The van der Waals surface area contributed by atoms with Gasteiger partial charge in [0.25, 0.3) is 11.8 Å². The van der Waals surface area contributed by atoms with Crippen LogP contribution >= 0.6 is 11.8 Å². The first-order valence-corrected chi connectivity index (χ1v) is 18.7. The molecule has 2 aliphatic heterocycles. The van der Waals surface area contributed by atoms with Crippen LogP contribution in [0.2, 0.25) is 0 Å². The fraction of sp³-hybridized carbons (Fsp3) is 0.263. The van der Waals surface area contributed by atoms with Gasteiger partial charge in [-0.15, -0.1) is 11.8 Å². The van der Waals surface area contributed by atoms with E-state index in [4.69, 9.17) is 9.47 Å². The van der Waals surface area contributed by atoms with Crippen LogP contribution in [0, 0.1) is 22.7 Å². The molecule has 4 aliphatic rings. The molecule has 2 saturated carbocycles. The first-order chi connectivity index (χ1) is 24.2. The van der Waals surface area contributed by atoms with Crippen LogP contribution in [0.25, 0.3) is 0 Å². The molecule has 2 heterocycles. The summed E-state index contributed by atoms with van der Waals surface area (Å²) in [5.41, 5.74) is 4.73. The van der Waals surface area contributed by atoms with Crippen LogP contribution in [0.4, 0.5) is 11.4 Å². The van der Waals surface area contributed by atoms with Crippen molar-refractivity contribution in [1.29, 1.82) is 10.5 Å². The third kappa shape index (κ3) is 6.06. The predicted octanol–water partition coefficient (Wildman–Crippen LogP) is 6.99. The van der Waals surface area contributed by atoms with Gasteiger partial charge in [0.15, 0.2) is 9.84 Å². The molecule has 10 nitrogen and oxygen atoms in total. The minimum atomic E-state index is -3.54. The lowest BCUT2D eigenvalue weighted by Gasteiger charge is -2.18. The van der Waals surface area contributed by atoms with E-state index in [1.807, 2.05) is 30.3 Å². The molecule has 0 spiro atoms. The van der Waals surface area contributed by atoms with Gasteiger partial charge in [0.2, 0.25) is 0 Å². The maximum Gasteiger partial charge on any atom is 0.259 e. The Morgan fingerprint density at radius 3 is 1.76 bits per heavy atom. The molecule has 2 aliphatic carbocycles.